The van der Waals surface area contributed by atoms with Gasteiger partial charge in [0.2, 0.25) is 5.91 Å². The van der Waals surface area contributed by atoms with Gasteiger partial charge < -0.3 is 14.5 Å². The summed E-state index contributed by atoms with van der Waals surface area (Å²) in [5.74, 6) is 0.448. The number of carbonyl (C=O) groups is 2. The van der Waals surface area contributed by atoms with Crippen molar-refractivity contribution < 1.29 is 19.2 Å². The monoisotopic (exact) mass is 360 g/mol. The van der Waals surface area contributed by atoms with E-state index in [0.717, 1.165) is 24.1 Å². The molecule has 2 heterocycles. The lowest BCUT2D eigenvalue weighted by Crippen LogP contribution is -2.29. The summed E-state index contributed by atoms with van der Waals surface area (Å²) >= 11 is 1.55. The van der Waals surface area contributed by atoms with Gasteiger partial charge in [-0.25, -0.2) is 0 Å². The maximum absolute atomic E-state index is 12.2. The lowest BCUT2D eigenvalue weighted by molar-refractivity contribution is -0.137. The minimum absolute atomic E-state index is 0.0949. The smallest absolute Gasteiger partial charge is 0.303 e. The summed E-state index contributed by atoms with van der Waals surface area (Å²) in [6.45, 7) is 0.615. The molecule has 1 aromatic carbocycles. The summed E-state index contributed by atoms with van der Waals surface area (Å²) in [7, 11) is 0. The normalized spacial score (nSPS) is 17.2. The Balaban J connectivity index is 1.61. The van der Waals surface area contributed by atoms with Crippen LogP contribution in [0.1, 0.15) is 36.8 Å². The Hall–Kier alpha value is -2.28. The van der Waals surface area contributed by atoms with Gasteiger partial charge in [0.05, 0.1) is 5.75 Å². The summed E-state index contributed by atoms with van der Waals surface area (Å²) in [6, 6.07) is 11.6. The molecule has 7 heteroatoms. The summed E-state index contributed by atoms with van der Waals surface area (Å²) in [5.41, 5.74) is 1.70. The Morgan fingerprint density at radius 2 is 2.08 bits per heavy atom. The number of carboxylic acids is 1. The molecule has 25 heavy (non-hydrogen) atoms. The quantitative estimate of drug-likeness (QED) is 0.725. The molecular weight excluding hydrogens is 340 g/mol. The molecule has 0 saturated carbocycles. The van der Waals surface area contributed by atoms with E-state index in [1.54, 1.807) is 11.8 Å². The van der Waals surface area contributed by atoms with E-state index in [1.807, 2.05) is 41.3 Å². The molecule has 0 spiro atoms. The SMILES string of the molecule is O=C(O)CCCCCN1C(=O)CSC1c1cc(-c2ccccc2)on1. The van der Waals surface area contributed by atoms with Crippen LogP contribution < -0.4 is 0 Å². The molecule has 0 aliphatic carbocycles. The second-order valence-electron chi connectivity index (χ2n) is 5.94. The van der Waals surface area contributed by atoms with Gasteiger partial charge in [0.1, 0.15) is 11.1 Å². The predicted molar refractivity (Wildman–Crippen MR) is 95.0 cm³/mol. The molecule has 1 atom stereocenters. The fourth-order valence-electron chi connectivity index (χ4n) is 2.82. The van der Waals surface area contributed by atoms with Crippen molar-refractivity contribution in [2.45, 2.75) is 31.1 Å². The van der Waals surface area contributed by atoms with E-state index < -0.39 is 5.97 Å². The average Bonchev–Trinajstić information content (AvgIpc) is 3.22. The maximum Gasteiger partial charge on any atom is 0.303 e. The number of carboxylic acid groups (broad SMARTS) is 1. The molecule has 1 N–H and O–H groups in total. The van der Waals surface area contributed by atoms with Gasteiger partial charge >= 0.3 is 5.97 Å². The summed E-state index contributed by atoms with van der Waals surface area (Å²) in [6.07, 6.45) is 2.40. The third-order valence-electron chi connectivity index (χ3n) is 4.10. The molecule has 132 valence electrons. The largest absolute Gasteiger partial charge is 0.481 e. The van der Waals surface area contributed by atoms with Gasteiger partial charge in [-0.3, -0.25) is 9.59 Å². The fourth-order valence-corrected chi connectivity index (χ4v) is 3.97. The fraction of sp³-hybridized carbons (Fsp3) is 0.389. The Kier molecular flexibility index (Phi) is 5.75. The first-order valence-electron chi connectivity index (χ1n) is 8.30. The van der Waals surface area contributed by atoms with Crippen LogP contribution in [0.25, 0.3) is 11.3 Å². The van der Waals surface area contributed by atoms with Gasteiger partial charge in [-0.15, -0.1) is 11.8 Å². The third kappa shape index (κ3) is 4.42. The van der Waals surface area contributed by atoms with Crippen molar-refractivity contribution in [3.8, 4) is 11.3 Å². The lowest BCUT2D eigenvalue weighted by atomic mass is 10.1. The number of amides is 1. The molecular formula is C18H20N2O4S. The molecule has 0 radical (unpaired) electrons. The van der Waals surface area contributed by atoms with Crippen molar-refractivity contribution in [2.24, 2.45) is 0 Å². The van der Waals surface area contributed by atoms with E-state index >= 15 is 0 Å². The summed E-state index contributed by atoms with van der Waals surface area (Å²) in [5, 5.41) is 12.7. The van der Waals surface area contributed by atoms with E-state index in [9.17, 15) is 9.59 Å². The van der Waals surface area contributed by atoms with Crippen LogP contribution in [0.3, 0.4) is 0 Å². The predicted octanol–water partition coefficient (Wildman–Crippen LogP) is 3.56. The highest BCUT2D eigenvalue weighted by atomic mass is 32.2. The molecule has 6 nitrogen and oxygen atoms in total. The Morgan fingerprint density at radius 1 is 1.28 bits per heavy atom. The lowest BCUT2D eigenvalue weighted by Gasteiger charge is -2.21. The van der Waals surface area contributed by atoms with Crippen molar-refractivity contribution in [1.29, 1.82) is 0 Å². The Bertz CT molecular complexity index is 732. The van der Waals surface area contributed by atoms with Gasteiger partial charge in [0.25, 0.3) is 0 Å². The van der Waals surface area contributed by atoms with Gasteiger partial charge in [0, 0.05) is 24.6 Å². The summed E-state index contributed by atoms with van der Waals surface area (Å²) in [4.78, 5) is 24.5. The molecule has 1 fully saturated rings. The molecule has 3 rings (SSSR count). The number of thioether (sulfide) groups is 1. The van der Waals surface area contributed by atoms with E-state index in [0.29, 0.717) is 24.5 Å². The summed E-state index contributed by atoms with van der Waals surface area (Å²) < 4.78 is 5.45. The number of carbonyl (C=O) groups excluding carboxylic acids is 1. The van der Waals surface area contributed by atoms with Gasteiger partial charge in [0.15, 0.2) is 5.76 Å². The average molecular weight is 360 g/mol. The van der Waals surface area contributed by atoms with Crippen LogP contribution in [0.5, 0.6) is 0 Å². The molecule has 1 aliphatic heterocycles. The molecule has 1 aromatic heterocycles. The zero-order chi connectivity index (χ0) is 17.6. The second-order valence-corrected chi connectivity index (χ2v) is 7.01. The van der Waals surface area contributed by atoms with Gasteiger partial charge in [-0.1, -0.05) is 41.9 Å². The van der Waals surface area contributed by atoms with Gasteiger partial charge in [-0.05, 0) is 12.8 Å². The first-order valence-corrected chi connectivity index (χ1v) is 9.35. The van der Waals surface area contributed by atoms with E-state index in [-0.39, 0.29) is 17.7 Å². The molecule has 1 unspecified atom stereocenters. The second kappa shape index (κ2) is 8.20. The van der Waals surface area contributed by atoms with Crippen molar-refractivity contribution in [2.75, 3.05) is 12.3 Å². The van der Waals surface area contributed by atoms with Crippen LogP contribution in [0.15, 0.2) is 40.9 Å². The van der Waals surface area contributed by atoms with E-state index in [2.05, 4.69) is 5.16 Å². The Labute approximate surface area is 150 Å². The number of aliphatic carboxylic acids is 1. The number of nitrogens with zero attached hydrogens (tertiary/aromatic N) is 2. The zero-order valence-electron chi connectivity index (χ0n) is 13.8. The molecule has 0 bridgehead atoms. The topological polar surface area (TPSA) is 83.6 Å². The standard InChI is InChI=1S/C18H20N2O4S/c21-16-12-25-18(20(16)10-6-2-5-9-17(22)23)14-11-15(24-19-14)13-7-3-1-4-8-13/h1,3-4,7-8,11,18H,2,5-6,9-10,12H2,(H,22,23). The van der Waals surface area contributed by atoms with Crippen LogP contribution in [0.4, 0.5) is 0 Å². The zero-order valence-corrected chi connectivity index (χ0v) is 14.6. The molecule has 1 aliphatic rings. The van der Waals surface area contributed by atoms with Crippen LogP contribution >= 0.6 is 11.8 Å². The minimum Gasteiger partial charge on any atom is -0.481 e. The minimum atomic E-state index is -0.776. The van der Waals surface area contributed by atoms with Crippen LogP contribution in [0.2, 0.25) is 0 Å². The van der Waals surface area contributed by atoms with Crippen LogP contribution in [-0.4, -0.2) is 39.3 Å². The number of unbranched alkanes of at least 4 members (excludes halogenated alkanes) is 2. The maximum atomic E-state index is 12.2. The van der Waals surface area contributed by atoms with Crippen LogP contribution in [-0.2, 0) is 9.59 Å². The Morgan fingerprint density at radius 3 is 2.84 bits per heavy atom. The molecule has 1 saturated heterocycles. The highest BCUT2D eigenvalue weighted by molar-refractivity contribution is 8.00. The first-order chi connectivity index (χ1) is 12.1. The van der Waals surface area contributed by atoms with E-state index in [1.165, 1.54) is 0 Å². The highest BCUT2D eigenvalue weighted by Gasteiger charge is 2.34. The first kappa shape index (κ1) is 17.5. The number of hydrogen-bond acceptors (Lipinski definition) is 5. The van der Waals surface area contributed by atoms with E-state index in [4.69, 9.17) is 9.63 Å². The van der Waals surface area contributed by atoms with Gasteiger partial charge in [-0.2, -0.15) is 0 Å². The van der Waals surface area contributed by atoms with Crippen molar-refractivity contribution >= 4 is 23.6 Å². The van der Waals surface area contributed by atoms with Crippen molar-refractivity contribution in [1.82, 2.24) is 10.1 Å². The number of aromatic nitrogens is 1. The number of hydrogen-bond donors (Lipinski definition) is 1. The molecule has 1 amide bonds. The third-order valence-corrected chi connectivity index (χ3v) is 5.32. The number of benzene rings is 1. The number of rotatable bonds is 8. The molecule has 2 aromatic rings. The van der Waals surface area contributed by atoms with Crippen LogP contribution in [0, 0.1) is 0 Å². The van der Waals surface area contributed by atoms with Crippen molar-refractivity contribution in [3.63, 3.8) is 0 Å². The van der Waals surface area contributed by atoms with Crippen molar-refractivity contribution in [3.05, 3.63) is 42.1 Å². The highest BCUT2D eigenvalue weighted by Crippen LogP contribution is 2.39.